The van der Waals surface area contributed by atoms with Crippen molar-refractivity contribution < 1.29 is 9.59 Å². The number of rotatable bonds is 2. The summed E-state index contributed by atoms with van der Waals surface area (Å²) < 4.78 is 0. The van der Waals surface area contributed by atoms with E-state index >= 15 is 0 Å². The number of carbonyl (C=O) groups excluding carboxylic acids is 2. The molecular formula is C31H43N3O2. The van der Waals surface area contributed by atoms with Gasteiger partial charge in [-0.2, -0.15) is 5.26 Å². The van der Waals surface area contributed by atoms with Gasteiger partial charge in [0, 0.05) is 29.0 Å². The average Bonchev–Trinajstić information content (AvgIpc) is 2.81. The summed E-state index contributed by atoms with van der Waals surface area (Å²) in [5.74, 6) is 0.596. The van der Waals surface area contributed by atoms with Crippen LogP contribution in [0.3, 0.4) is 0 Å². The summed E-state index contributed by atoms with van der Waals surface area (Å²) in [5.41, 5.74) is 1.22. The molecule has 5 heteroatoms. The molecule has 0 radical (unpaired) electrons. The first-order valence-electron chi connectivity index (χ1n) is 14.0. The Bertz CT molecular complexity index is 1140. The number of nitriles is 1. The third kappa shape index (κ3) is 3.28. The van der Waals surface area contributed by atoms with Gasteiger partial charge in [-0.25, -0.2) is 0 Å². The molecule has 36 heavy (non-hydrogen) atoms. The molecule has 0 aromatic rings. The van der Waals surface area contributed by atoms with Crippen LogP contribution in [0.5, 0.6) is 0 Å². The minimum Gasteiger partial charge on any atom is -0.350 e. The maximum atomic E-state index is 14.3. The van der Waals surface area contributed by atoms with E-state index in [1.165, 1.54) is 5.57 Å². The van der Waals surface area contributed by atoms with Gasteiger partial charge in [0.05, 0.1) is 5.57 Å². The fraction of sp³-hybridized carbons (Fsp3) is 0.742. The SMILES string of the molecule is CCC(=O)N[C@]12CCC(C)(C)CC1C1C(=O)C=C3[C@@]4(C)C=C(C#N)C(=N)CC4CC[C@@]3(C)[C@]1(C)CC2. The van der Waals surface area contributed by atoms with E-state index in [2.05, 4.69) is 46.0 Å². The molecule has 5 aliphatic carbocycles. The van der Waals surface area contributed by atoms with Gasteiger partial charge in [0.15, 0.2) is 5.78 Å². The smallest absolute Gasteiger partial charge is 0.220 e. The maximum absolute atomic E-state index is 14.3. The molecule has 3 fully saturated rings. The predicted molar refractivity (Wildman–Crippen MR) is 141 cm³/mol. The maximum Gasteiger partial charge on any atom is 0.220 e. The van der Waals surface area contributed by atoms with Gasteiger partial charge in [0.25, 0.3) is 0 Å². The average molecular weight is 490 g/mol. The Morgan fingerprint density at radius 2 is 1.83 bits per heavy atom. The fourth-order valence-corrected chi connectivity index (χ4v) is 9.39. The Kier molecular flexibility index (Phi) is 5.57. The Morgan fingerprint density at radius 3 is 2.50 bits per heavy atom. The van der Waals surface area contributed by atoms with Gasteiger partial charge in [-0.15, -0.1) is 0 Å². The normalized spacial score (nSPS) is 45.1. The quantitative estimate of drug-likeness (QED) is 0.477. The molecule has 194 valence electrons. The topological polar surface area (TPSA) is 93.8 Å². The largest absolute Gasteiger partial charge is 0.350 e. The van der Waals surface area contributed by atoms with Crippen molar-refractivity contribution in [3.63, 3.8) is 0 Å². The van der Waals surface area contributed by atoms with Crippen molar-refractivity contribution in [2.24, 2.45) is 39.4 Å². The number of hydrogen-bond donors (Lipinski definition) is 2. The zero-order chi connectivity index (χ0) is 26.3. The van der Waals surface area contributed by atoms with Crippen molar-refractivity contribution in [3.8, 4) is 6.07 Å². The van der Waals surface area contributed by atoms with Crippen molar-refractivity contribution in [2.45, 2.75) is 105 Å². The third-order valence-electron chi connectivity index (χ3n) is 11.8. The zero-order valence-electron chi connectivity index (χ0n) is 23.0. The Morgan fingerprint density at radius 1 is 1.14 bits per heavy atom. The van der Waals surface area contributed by atoms with Crippen LogP contribution >= 0.6 is 0 Å². The lowest BCUT2D eigenvalue weighted by Crippen LogP contribution is -2.69. The summed E-state index contributed by atoms with van der Waals surface area (Å²) in [6.45, 7) is 13.5. The van der Waals surface area contributed by atoms with Crippen LogP contribution in [0.4, 0.5) is 0 Å². The van der Waals surface area contributed by atoms with Crippen molar-refractivity contribution >= 4 is 17.4 Å². The van der Waals surface area contributed by atoms with Gasteiger partial charge >= 0.3 is 0 Å². The lowest BCUT2D eigenvalue weighted by molar-refractivity contribution is -0.161. The number of allylic oxidation sites excluding steroid dienone is 4. The standard InChI is InChI=1S/C31H43N3O2/c1-7-25(36)34-31-12-10-27(2,3)17-21(31)26-23(35)15-24-28(4)16-19(18-32)22(33)14-20(28)8-9-29(24,5)30(26,6)11-13-31/h15-16,20-21,26,33H,7-14,17H2,1-6H3,(H,34,36)/t20?,21?,26?,28-,29+,30+,31-/m0/s1. The first-order chi connectivity index (χ1) is 16.8. The number of carbonyl (C=O) groups is 2. The van der Waals surface area contributed by atoms with Gasteiger partial charge in [0.2, 0.25) is 5.91 Å². The van der Waals surface area contributed by atoms with E-state index in [-0.39, 0.29) is 56.6 Å². The molecule has 2 N–H and O–H groups in total. The minimum atomic E-state index is -0.372. The molecule has 3 unspecified atom stereocenters. The second-order valence-corrected chi connectivity index (χ2v) is 14.1. The predicted octanol–water partition coefficient (Wildman–Crippen LogP) is 6.30. The molecule has 0 aliphatic heterocycles. The molecule has 0 aromatic carbocycles. The number of hydrogen-bond acceptors (Lipinski definition) is 4. The summed E-state index contributed by atoms with van der Waals surface area (Å²) in [7, 11) is 0. The highest BCUT2D eigenvalue weighted by Crippen LogP contribution is 2.72. The summed E-state index contributed by atoms with van der Waals surface area (Å²) in [6, 6.07) is 2.26. The van der Waals surface area contributed by atoms with E-state index in [9.17, 15) is 14.9 Å². The highest BCUT2D eigenvalue weighted by atomic mass is 16.1. The summed E-state index contributed by atoms with van der Waals surface area (Å²) in [4.78, 5) is 27.0. The molecule has 5 rings (SSSR count). The van der Waals surface area contributed by atoms with Crippen LogP contribution in [0.2, 0.25) is 0 Å². The molecule has 0 saturated heterocycles. The highest BCUT2D eigenvalue weighted by molar-refractivity contribution is 6.03. The first-order valence-corrected chi connectivity index (χ1v) is 14.0. The first kappa shape index (κ1) is 25.4. The lowest BCUT2D eigenvalue weighted by Gasteiger charge is -2.68. The van der Waals surface area contributed by atoms with Crippen LogP contribution in [0.25, 0.3) is 0 Å². The molecule has 7 atom stereocenters. The summed E-state index contributed by atoms with van der Waals surface area (Å²) >= 11 is 0. The van der Waals surface area contributed by atoms with Crippen molar-refractivity contribution in [1.29, 1.82) is 10.7 Å². The Labute approximate surface area is 216 Å². The van der Waals surface area contributed by atoms with Crippen molar-refractivity contribution in [1.82, 2.24) is 5.32 Å². The van der Waals surface area contributed by atoms with Crippen LogP contribution in [0.15, 0.2) is 23.3 Å². The van der Waals surface area contributed by atoms with Crippen LogP contribution in [-0.2, 0) is 9.59 Å². The van der Waals surface area contributed by atoms with Gasteiger partial charge < -0.3 is 10.7 Å². The molecular weight excluding hydrogens is 446 g/mol. The molecule has 5 aliphatic rings. The van der Waals surface area contributed by atoms with E-state index in [0.29, 0.717) is 24.1 Å². The second kappa shape index (κ2) is 7.89. The van der Waals surface area contributed by atoms with E-state index in [1.54, 1.807) is 0 Å². The van der Waals surface area contributed by atoms with Crippen molar-refractivity contribution in [3.05, 3.63) is 23.3 Å². The van der Waals surface area contributed by atoms with Crippen LogP contribution in [-0.4, -0.2) is 22.9 Å². The number of nitrogens with zero attached hydrogens (tertiary/aromatic N) is 1. The third-order valence-corrected chi connectivity index (χ3v) is 11.8. The van der Waals surface area contributed by atoms with E-state index < -0.39 is 0 Å². The van der Waals surface area contributed by atoms with Gasteiger partial charge in [0.1, 0.15) is 6.07 Å². The number of amides is 1. The van der Waals surface area contributed by atoms with Crippen molar-refractivity contribution in [2.75, 3.05) is 0 Å². The van der Waals surface area contributed by atoms with Crippen LogP contribution in [0.1, 0.15) is 99.3 Å². The van der Waals surface area contributed by atoms with Crippen LogP contribution in [0, 0.1) is 56.2 Å². The highest BCUT2D eigenvalue weighted by Gasteiger charge is 2.68. The van der Waals surface area contributed by atoms with Gasteiger partial charge in [-0.05, 0) is 85.5 Å². The van der Waals surface area contributed by atoms with E-state index in [1.807, 2.05) is 19.1 Å². The van der Waals surface area contributed by atoms with E-state index in [0.717, 1.165) is 44.9 Å². The second-order valence-electron chi connectivity index (χ2n) is 14.1. The molecule has 0 aromatic heterocycles. The number of fused-ring (bicyclic) bond motifs is 7. The number of nitrogens with one attached hydrogen (secondary N) is 2. The van der Waals surface area contributed by atoms with Gasteiger partial charge in [-0.3, -0.25) is 9.59 Å². The Balaban J connectivity index is 1.65. The summed E-state index contributed by atoms with van der Waals surface area (Å²) in [5, 5.41) is 21.6. The number of ketones is 1. The molecule has 1 amide bonds. The monoisotopic (exact) mass is 489 g/mol. The molecule has 0 heterocycles. The molecule has 3 saturated carbocycles. The van der Waals surface area contributed by atoms with Gasteiger partial charge in [-0.1, -0.05) is 53.2 Å². The summed E-state index contributed by atoms with van der Waals surface area (Å²) in [6.07, 6.45) is 11.9. The minimum absolute atomic E-state index is 0.0980. The van der Waals surface area contributed by atoms with E-state index in [4.69, 9.17) is 5.41 Å². The Hall–Kier alpha value is -2.22. The fourth-order valence-electron chi connectivity index (χ4n) is 9.39. The molecule has 0 spiro atoms. The lowest BCUT2D eigenvalue weighted by atomic mass is 9.36. The molecule has 5 nitrogen and oxygen atoms in total. The van der Waals surface area contributed by atoms with Crippen LogP contribution < -0.4 is 5.32 Å². The molecule has 0 bridgehead atoms. The zero-order valence-corrected chi connectivity index (χ0v) is 23.0.